The van der Waals surface area contributed by atoms with Gasteiger partial charge < -0.3 is 0 Å². The molecule has 2 aliphatic heterocycles. The Kier molecular flexibility index (Phi) is 10.5. The van der Waals surface area contributed by atoms with Gasteiger partial charge in [-0.15, -0.1) is 0 Å². The van der Waals surface area contributed by atoms with Crippen molar-refractivity contribution in [3.05, 3.63) is 0 Å². The summed E-state index contributed by atoms with van der Waals surface area (Å²) in [6, 6.07) is -3.41. The summed E-state index contributed by atoms with van der Waals surface area (Å²) < 4.78 is 29.5. The zero-order valence-corrected chi connectivity index (χ0v) is 23.4. The van der Waals surface area contributed by atoms with Gasteiger partial charge in [-0.05, 0) is 0 Å². The molecule has 0 spiro atoms. The van der Waals surface area contributed by atoms with Crippen LogP contribution in [0.15, 0.2) is 0 Å². The maximum atomic E-state index is 12.1. The second-order valence-electron chi connectivity index (χ2n) is 6.79. The molecule has 0 radical (unpaired) electrons. The van der Waals surface area contributed by atoms with E-state index in [1.54, 1.807) is 0 Å². The molecule has 0 saturated carbocycles. The van der Waals surface area contributed by atoms with Crippen LogP contribution in [0, 0.1) is 0 Å². The van der Waals surface area contributed by atoms with E-state index in [2.05, 4.69) is 0 Å². The van der Waals surface area contributed by atoms with Crippen LogP contribution in [0.3, 0.4) is 0 Å². The van der Waals surface area contributed by atoms with Gasteiger partial charge in [0, 0.05) is 0 Å². The van der Waals surface area contributed by atoms with Gasteiger partial charge >= 0.3 is 201 Å². The van der Waals surface area contributed by atoms with E-state index in [9.17, 15) is 28.8 Å². The Balaban J connectivity index is 1.81. The Hall–Kier alpha value is -1.56. The van der Waals surface area contributed by atoms with Gasteiger partial charge in [-0.3, -0.25) is 0 Å². The van der Waals surface area contributed by atoms with Crippen molar-refractivity contribution in [2.75, 3.05) is 0 Å². The van der Waals surface area contributed by atoms with Crippen LogP contribution in [0.1, 0.15) is 38.5 Å². The number of nitrogens with two attached hydrogens (primary N) is 3. The van der Waals surface area contributed by atoms with E-state index in [-0.39, 0.29) is 32.1 Å². The number of hydrogen-bond acceptors (Lipinski definition) is 15. The minimum absolute atomic E-state index is 0.0361. The molecule has 6 N–H and O–H groups in total. The van der Waals surface area contributed by atoms with Crippen LogP contribution in [0.5, 0.6) is 0 Å². The number of rotatable bonds is 6. The quantitative estimate of drug-likeness (QED) is 0.250. The van der Waals surface area contributed by atoms with Crippen LogP contribution in [0.25, 0.3) is 0 Å². The standard InChI is InChI=1S/3C5H9NO4.2In/c3*6-3(5(9)10)1-2-4(7)8;;/h3*3H,1-2,6H2,(H,7,8)(H,9,10);;/q;;;2*+3/p-6/t3*3-;;/m100../s1. The fourth-order valence-corrected chi connectivity index (χ4v) is 9.16. The summed E-state index contributed by atoms with van der Waals surface area (Å²) in [6.45, 7) is 0. The Morgan fingerprint density at radius 1 is 0.875 bits per heavy atom. The van der Waals surface area contributed by atoms with Gasteiger partial charge in [0.15, 0.2) is 0 Å². The van der Waals surface area contributed by atoms with E-state index >= 15 is 0 Å². The monoisotopic (exact) mass is 665 g/mol. The zero-order chi connectivity index (χ0) is 23.8. The summed E-state index contributed by atoms with van der Waals surface area (Å²) >= 11 is -8.56. The number of hydrogen-bond donors (Lipinski definition) is 3. The molecule has 174 valence electrons. The first-order chi connectivity index (χ1) is 15.0. The second kappa shape index (κ2) is 12.6. The van der Waals surface area contributed by atoms with Crippen molar-refractivity contribution >= 4 is 81.3 Å². The average molecular weight is 665 g/mol. The summed E-state index contributed by atoms with van der Waals surface area (Å²) in [4.78, 5) is 70.7. The van der Waals surface area contributed by atoms with Crippen molar-refractivity contribution in [1.82, 2.24) is 0 Å². The molecular formula is C15H21In2N3O12. The summed E-state index contributed by atoms with van der Waals surface area (Å²) in [6.07, 6.45) is -0.845. The van der Waals surface area contributed by atoms with E-state index < -0.39 is 106 Å². The second-order valence-corrected chi connectivity index (χ2v) is 14.1. The van der Waals surface area contributed by atoms with Crippen molar-refractivity contribution in [1.29, 1.82) is 0 Å². The van der Waals surface area contributed by atoms with Gasteiger partial charge in [-0.1, -0.05) is 0 Å². The van der Waals surface area contributed by atoms with E-state index in [0.717, 1.165) is 0 Å². The van der Waals surface area contributed by atoms with E-state index in [1.807, 2.05) is 0 Å². The Labute approximate surface area is 200 Å². The van der Waals surface area contributed by atoms with Crippen molar-refractivity contribution in [2.24, 2.45) is 17.2 Å². The molecule has 0 unspecified atom stereocenters. The Morgan fingerprint density at radius 2 is 1.34 bits per heavy atom. The van der Waals surface area contributed by atoms with Gasteiger partial charge in [0.05, 0.1) is 0 Å². The molecular weight excluding hydrogens is 644 g/mol. The van der Waals surface area contributed by atoms with Gasteiger partial charge in [0.25, 0.3) is 0 Å². The first-order valence-corrected chi connectivity index (χ1v) is 17.6. The Morgan fingerprint density at radius 3 is 1.84 bits per heavy atom. The van der Waals surface area contributed by atoms with Crippen LogP contribution in [0.4, 0.5) is 0 Å². The van der Waals surface area contributed by atoms with Crippen molar-refractivity contribution < 1.29 is 45.9 Å². The first-order valence-electron chi connectivity index (χ1n) is 9.52. The molecule has 0 aromatic heterocycles. The molecule has 15 nitrogen and oxygen atoms in total. The predicted octanol–water partition coefficient (Wildman–Crippen LogP) is -3.43. The molecule has 2 saturated heterocycles. The predicted molar refractivity (Wildman–Crippen MR) is 99.7 cm³/mol. The summed E-state index contributed by atoms with van der Waals surface area (Å²) in [5.41, 5.74) is 16.7. The Bertz CT molecular complexity index is 781. The molecule has 2 heterocycles. The van der Waals surface area contributed by atoms with Crippen LogP contribution in [0.2, 0.25) is 0 Å². The normalized spacial score (nSPS) is 23.2. The molecule has 3 atom stereocenters. The fraction of sp³-hybridized carbons (Fsp3) is 0.600. The molecule has 17 heteroatoms. The molecule has 0 aromatic rings. The van der Waals surface area contributed by atoms with E-state index in [4.69, 9.17) is 34.3 Å². The topological polar surface area (TPSA) is 236 Å². The van der Waals surface area contributed by atoms with E-state index in [1.165, 1.54) is 0 Å². The average Bonchev–Trinajstić information content (AvgIpc) is 2.72. The van der Waals surface area contributed by atoms with Gasteiger partial charge in [0.1, 0.15) is 0 Å². The van der Waals surface area contributed by atoms with Crippen LogP contribution in [-0.2, 0) is 45.9 Å². The summed E-state index contributed by atoms with van der Waals surface area (Å²) in [5, 5.41) is 0. The minimum atomic E-state index is -4.31. The molecule has 2 aliphatic rings. The third kappa shape index (κ3) is 8.76. The summed E-state index contributed by atoms with van der Waals surface area (Å²) in [5.74, 6) is -5.05. The fourth-order valence-electron chi connectivity index (χ4n) is 2.36. The first kappa shape index (κ1) is 26.7. The molecule has 0 aliphatic carbocycles. The molecule has 0 aromatic carbocycles. The van der Waals surface area contributed by atoms with Crippen LogP contribution in [-0.4, -0.2) is 99.4 Å². The van der Waals surface area contributed by atoms with Gasteiger partial charge in [-0.25, -0.2) is 0 Å². The third-order valence-electron chi connectivity index (χ3n) is 4.21. The van der Waals surface area contributed by atoms with Gasteiger partial charge in [-0.2, -0.15) is 0 Å². The van der Waals surface area contributed by atoms with E-state index in [0.29, 0.717) is 0 Å². The molecule has 32 heavy (non-hydrogen) atoms. The summed E-state index contributed by atoms with van der Waals surface area (Å²) in [7, 11) is 0. The maximum absolute atomic E-state index is 12.1. The molecule has 2 rings (SSSR count). The van der Waals surface area contributed by atoms with Crippen molar-refractivity contribution in [3.8, 4) is 0 Å². The molecule has 0 bridgehead atoms. The number of carbonyl (C=O) groups is 6. The van der Waals surface area contributed by atoms with Crippen LogP contribution >= 0.6 is 0 Å². The van der Waals surface area contributed by atoms with Crippen molar-refractivity contribution in [3.63, 3.8) is 0 Å². The third-order valence-corrected chi connectivity index (χ3v) is 11.7. The molecule has 0 amide bonds. The van der Waals surface area contributed by atoms with Gasteiger partial charge in [0.2, 0.25) is 0 Å². The molecule has 2 fully saturated rings. The number of carbonyl (C=O) groups excluding carboxylic acids is 6. The van der Waals surface area contributed by atoms with Crippen LogP contribution < -0.4 is 17.2 Å². The SMILES string of the molecule is N[C@@H]1CCC(=O)[O][In]([O]C(=O)[C@@H](N)CCC(=O)[O][In]2[O]C(=O)CC[C@H](N)C(=O)[O]2)[O]C1=O. The zero-order valence-electron chi connectivity index (χ0n) is 16.8. The van der Waals surface area contributed by atoms with Crippen molar-refractivity contribution in [2.45, 2.75) is 56.7 Å².